The first-order chi connectivity index (χ1) is 20.7. The molecule has 0 aliphatic carbocycles. The Hall–Kier alpha value is -2.51. The van der Waals surface area contributed by atoms with Gasteiger partial charge in [-0.2, -0.15) is 0 Å². The van der Waals surface area contributed by atoms with Crippen LogP contribution in [0.2, 0.25) is 0 Å². The quantitative estimate of drug-likeness (QED) is 0.0734. The number of aliphatic hydroxyl groups excluding tert-OH is 5. The molecular formula is C20H25Br2N10O11P. The average molecular weight is 772 g/mol. The van der Waals surface area contributed by atoms with Gasteiger partial charge in [0.25, 0.3) is 0 Å². The standard InChI is InChI=1S/C10H13BrN5O7P.C10H12BrN5O4/c11-10-15-4-7(12)13-2-14-8(4)16(10)9-6(18)5(17)3(23-9)1-22-24(19,20)21;11-10-15-4-7(12)13-2-14-8(4)16(10)9-6(19)5(18)3(1-17)20-9/h2-3,5-6,9,17-18H,1H2,(H2,12,13,14)(H2,19,20,21);2-3,5-6,9,17-19H,1H2,(H2,12,13,14)/t2*3-,5-,6-,9-/m11/s1. The lowest BCUT2D eigenvalue weighted by atomic mass is 10.1. The Bertz CT molecular complexity index is 1710. The molecule has 6 heterocycles. The summed E-state index contributed by atoms with van der Waals surface area (Å²) in [5.41, 5.74) is 12.7. The maximum Gasteiger partial charge on any atom is 0.469 e. The second-order valence-corrected chi connectivity index (χ2v) is 12.1. The van der Waals surface area contributed by atoms with E-state index in [2.05, 4.69) is 66.3 Å². The zero-order valence-electron chi connectivity index (χ0n) is 21.9. The summed E-state index contributed by atoms with van der Waals surface area (Å²) in [5, 5.41) is 49.2. The molecule has 2 saturated heterocycles. The summed E-state index contributed by atoms with van der Waals surface area (Å²) in [5.74, 6) is 0.315. The van der Waals surface area contributed by atoms with Crippen molar-refractivity contribution in [2.75, 3.05) is 24.7 Å². The summed E-state index contributed by atoms with van der Waals surface area (Å²) in [4.78, 5) is 41.5. The molecule has 0 radical (unpaired) electrons. The van der Waals surface area contributed by atoms with E-state index in [0.29, 0.717) is 15.9 Å². The van der Waals surface area contributed by atoms with Crippen molar-refractivity contribution in [3.8, 4) is 0 Å². The molecule has 2 aliphatic rings. The molecule has 2 aliphatic heterocycles. The number of aliphatic hydroxyl groups is 5. The summed E-state index contributed by atoms with van der Waals surface area (Å²) in [6.07, 6.45) is -6.91. The molecule has 4 aromatic heterocycles. The van der Waals surface area contributed by atoms with Crippen molar-refractivity contribution in [3.05, 3.63) is 22.1 Å². The predicted molar refractivity (Wildman–Crippen MR) is 152 cm³/mol. The fourth-order valence-electron chi connectivity index (χ4n) is 4.59. The van der Waals surface area contributed by atoms with Crippen LogP contribution in [0.15, 0.2) is 22.1 Å². The van der Waals surface area contributed by atoms with Gasteiger partial charge in [-0.05, 0) is 31.9 Å². The van der Waals surface area contributed by atoms with Crippen LogP contribution in [0.5, 0.6) is 0 Å². The van der Waals surface area contributed by atoms with E-state index in [9.17, 15) is 25.0 Å². The highest BCUT2D eigenvalue weighted by molar-refractivity contribution is 9.10. The van der Waals surface area contributed by atoms with Crippen LogP contribution >= 0.6 is 39.7 Å². The third-order valence-corrected chi connectivity index (χ3v) is 8.30. The minimum absolute atomic E-state index is 0.119. The van der Waals surface area contributed by atoms with Crippen LogP contribution in [0.1, 0.15) is 12.5 Å². The zero-order valence-corrected chi connectivity index (χ0v) is 26.0. The van der Waals surface area contributed by atoms with Crippen molar-refractivity contribution in [1.82, 2.24) is 39.0 Å². The molecule has 4 aromatic rings. The van der Waals surface area contributed by atoms with Crippen molar-refractivity contribution >= 4 is 73.6 Å². The van der Waals surface area contributed by atoms with E-state index in [-0.39, 0.29) is 27.5 Å². The van der Waals surface area contributed by atoms with Crippen LogP contribution in [0.3, 0.4) is 0 Å². The highest BCUT2D eigenvalue weighted by Gasteiger charge is 2.46. The van der Waals surface area contributed by atoms with Gasteiger partial charge >= 0.3 is 7.82 Å². The van der Waals surface area contributed by atoms with Crippen molar-refractivity contribution in [2.24, 2.45) is 0 Å². The number of nitrogens with zero attached hydrogens (tertiary/aromatic N) is 8. The predicted octanol–water partition coefficient (Wildman–Crippen LogP) is -2.32. The molecule has 240 valence electrons. The number of rotatable bonds is 6. The number of phosphoric acid groups is 1. The number of nitrogen functional groups attached to an aromatic ring is 2. The number of hydrogen-bond acceptors (Lipinski definition) is 17. The Morgan fingerprint density at radius 2 is 1.23 bits per heavy atom. The molecule has 0 amide bonds. The summed E-state index contributed by atoms with van der Waals surface area (Å²) in [6.45, 7) is -1.02. The van der Waals surface area contributed by atoms with Crippen LogP contribution < -0.4 is 11.5 Å². The first-order valence-electron chi connectivity index (χ1n) is 12.3. The molecule has 0 spiro atoms. The first-order valence-corrected chi connectivity index (χ1v) is 15.5. The van der Waals surface area contributed by atoms with Crippen molar-refractivity contribution in [2.45, 2.75) is 49.1 Å². The number of nitrogens with two attached hydrogens (primary N) is 2. The van der Waals surface area contributed by atoms with Crippen LogP contribution in [0, 0.1) is 0 Å². The monoisotopic (exact) mass is 770 g/mol. The molecule has 6 rings (SSSR count). The van der Waals surface area contributed by atoms with Gasteiger partial charge in [-0.1, -0.05) is 0 Å². The second kappa shape index (κ2) is 12.7. The number of halogens is 2. The molecule has 0 bridgehead atoms. The van der Waals surface area contributed by atoms with Crippen molar-refractivity contribution in [3.63, 3.8) is 0 Å². The number of phosphoric ester groups is 1. The maximum absolute atomic E-state index is 10.8. The van der Waals surface area contributed by atoms with Crippen LogP contribution in [-0.2, 0) is 18.6 Å². The van der Waals surface area contributed by atoms with E-state index in [1.165, 1.54) is 21.8 Å². The summed E-state index contributed by atoms with van der Waals surface area (Å²) < 4.78 is 29.4. The van der Waals surface area contributed by atoms with E-state index in [1.54, 1.807) is 0 Å². The fourth-order valence-corrected chi connectivity index (χ4v) is 6.03. The smallest absolute Gasteiger partial charge is 0.394 e. The molecule has 24 heteroatoms. The van der Waals surface area contributed by atoms with Gasteiger partial charge in [0, 0.05) is 0 Å². The summed E-state index contributed by atoms with van der Waals surface area (Å²) in [6, 6.07) is 0. The Morgan fingerprint density at radius 3 is 1.64 bits per heavy atom. The van der Waals surface area contributed by atoms with Gasteiger partial charge in [0.1, 0.15) is 49.3 Å². The van der Waals surface area contributed by atoms with Gasteiger partial charge in [0.15, 0.2) is 55.9 Å². The third-order valence-electron chi connectivity index (χ3n) is 6.69. The lowest BCUT2D eigenvalue weighted by Crippen LogP contribution is -2.33. The minimum atomic E-state index is -4.74. The second-order valence-electron chi connectivity index (χ2n) is 9.43. The third kappa shape index (κ3) is 6.16. The number of anilines is 2. The average Bonchev–Trinajstić information content (AvgIpc) is 3.65. The van der Waals surface area contributed by atoms with Gasteiger partial charge in [-0.3, -0.25) is 13.7 Å². The van der Waals surface area contributed by atoms with Crippen LogP contribution in [0.25, 0.3) is 22.3 Å². The van der Waals surface area contributed by atoms with Crippen molar-refractivity contribution < 1.29 is 53.9 Å². The van der Waals surface area contributed by atoms with E-state index in [0.717, 1.165) is 0 Å². The molecule has 21 nitrogen and oxygen atoms in total. The Morgan fingerprint density at radius 1 is 0.795 bits per heavy atom. The Kier molecular flexibility index (Phi) is 9.49. The maximum atomic E-state index is 10.8. The molecule has 0 unspecified atom stereocenters. The van der Waals surface area contributed by atoms with Gasteiger partial charge < -0.3 is 56.3 Å². The number of ether oxygens (including phenoxy) is 2. The van der Waals surface area contributed by atoms with Crippen molar-refractivity contribution in [1.29, 1.82) is 0 Å². The van der Waals surface area contributed by atoms with Gasteiger partial charge in [-0.25, -0.2) is 34.5 Å². The van der Waals surface area contributed by atoms with E-state index in [4.69, 9.17) is 35.8 Å². The number of fused-ring (bicyclic) bond motifs is 2. The minimum Gasteiger partial charge on any atom is -0.394 e. The van der Waals surface area contributed by atoms with Crippen LogP contribution in [0.4, 0.5) is 11.6 Å². The Balaban J connectivity index is 0.000000177. The van der Waals surface area contributed by atoms with E-state index >= 15 is 0 Å². The summed E-state index contributed by atoms with van der Waals surface area (Å²) >= 11 is 6.43. The van der Waals surface area contributed by atoms with Gasteiger partial charge in [0.05, 0.1) is 13.2 Å². The topological polar surface area (TPSA) is 326 Å². The summed E-state index contributed by atoms with van der Waals surface area (Å²) in [7, 11) is -4.74. The fraction of sp³-hybridized carbons (Fsp3) is 0.500. The first kappa shape index (κ1) is 32.9. The van der Waals surface area contributed by atoms with E-state index < -0.39 is 70.1 Å². The molecule has 2 fully saturated rings. The van der Waals surface area contributed by atoms with E-state index in [1.807, 2.05) is 0 Å². The lowest BCUT2D eigenvalue weighted by molar-refractivity contribution is -0.0521. The van der Waals surface area contributed by atoms with Gasteiger partial charge in [0.2, 0.25) is 0 Å². The number of hydrogen-bond donors (Lipinski definition) is 9. The molecular weight excluding hydrogens is 747 g/mol. The molecule has 11 N–H and O–H groups in total. The zero-order chi connectivity index (χ0) is 32.1. The highest BCUT2D eigenvalue weighted by Crippen LogP contribution is 2.40. The van der Waals surface area contributed by atoms with Crippen LogP contribution in [-0.4, -0.2) is 124 Å². The Labute approximate surface area is 262 Å². The normalized spacial score (nSPS) is 28.9. The van der Waals surface area contributed by atoms with Gasteiger partial charge in [-0.15, -0.1) is 0 Å². The lowest BCUT2D eigenvalue weighted by Gasteiger charge is -2.17. The molecule has 0 saturated carbocycles. The largest absolute Gasteiger partial charge is 0.469 e. The number of imidazole rings is 2. The molecule has 8 atom stereocenters. The molecule has 44 heavy (non-hydrogen) atoms. The SMILES string of the molecule is Nc1ncnc2c1nc(Br)n2[C@@H]1O[C@H](CO)[C@@H](O)[C@H]1O.Nc1ncnc2c1nc(Br)n2[C@@H]1O[C@H](COP(=O)(O)O)[C@@H](O)[C@H]1O. The highest BCUT2D eigenvalue weighted by atomic mass is 79.9. The number of aromatic nitrogens is 8. The molecule has 0 aromatic carbocycles.